The second kappa shape index (κ2) is 4.63. The Morgan fingerprint density at radius 3 is 2.77 bits per heavy atom. The lowest BCUT2D eigenvalue weighted by atomic mass is 10.4. The molecule has 7 heteroatoms. The Labute approximate surface area is 85.3 Å². The van der Waals surface area contributed by atoms with Crippen molar-refractivity contribution in [3.8, 4) is 0 Å². The minimum absolute atomic E-state index is 0.0669. The van der Waals surface area contributed by atoms with Crippen molar-refractivity contribution < 1.29 is 4.79 Å². The van der Waals surface area contributed by atoms with Crippen molar-refractivity contribution in [3.63, 3.8) is 0 Å². The maximum atomic E-state index is 11.2. The number of nitrogens with zero attached hydrogens (tertiary/aromatic N) is 2. The second-order valence-corrected chi connectivity index (χ2v) is 3.03. The molecule has 1 aromatic rings. The minimum atomic E-state index is -0.430. The molecular weight excluding hydrogens is 208 g/mol. The van der Waals surface area contributed by atoms with Crippen molar-refractivity contribution in [1.82, 2.24) is 20.8 Å². The number of carbonyl (C=O) groups excluding carboxylic acids is 1. The second-order valence-electron chi connectivity index (χ2n) is 1.96. The van der Waals surface area contributed by atoms with Crippen LogP contribution in [0.2, 0.25) is 0 Å². The first-order valence-electron chi connectivity index (χ1n) is 3.23. The molecule has 0 aliphatic heterocycles. The van der Waals surface area contributed by atoms with Gasteiger partial charge in [0.1, 0.15) is 5.69 Å². The number of amides is 1. The van der Waals surface area contributed by atoms with Crippen molar-refractivity contribution >= 4 is 35.1 Å². The summed E-state index contributed by atoms with van der Waals surface area (Å²) >= 11 is 9.03. The molecule has 1 heterocycles. The van der Waals surface area contributed by atoms with E-state index in [0.717, 1.165) is 0 Å². The van der Waals surface area contributed by atoms with Crippen LogP contribution in [0.5, 0.6) is 0 Å². The van der Waals surface area contributed by atoms with Gasteiger partial charge in [-0.2, -0.15) is 0 Å². The highest BCUT2D eigenvalue weighted by molar-refractivity contribution is 8.00. The van der Waals surface area contributed by atoms with E-state index in [0.29, 0.717) is 0 Å². The zero-order valence-corrected chi connectivity index (χ0v) is 7.98. The van der Waals surface area contributed by atoms with E-state index < -0.39 is 5.91 Å². The molecule has 68 valence electrons. The topological polar surface area (TPSA) is 66.9 Å². The van der Waals surface area contributed by atoms with Gasteiger partial charge >= 0.3 is 0 Å². The van der Waals surface area contributed by atoms with Gasteiger partial charge in [0.2, 0.25) is 0 Å². The molecule has 13 heavy (non-hydrogen) atoms. The van der Waals surface area contributed by atoms with Crippen LogP contribution in [0, 0.1) is 0 Å². The summed E-state index contributed by atoms with van der Waals surface area (Å²) in [6, 6.07) is 0. The Kier molecular flexibility index (Phi) is 3.47. The fourth-order valence-corrected chi connectivity index (χ4v) is 0.690. The summed E-state index contributed by atoms with van der Waals surface area (Å²) in [5, 5.41) is 0. The molecule has 0 radical (unpaired) electrons. The Morgan fingerprint density at radius 2 is 2.23 bits per heavy atom. The lowest BCUT2D eigenvalue weighted by molar-refractivity contribution is 0.0939. The van der Waals surface area contributed by atoms with Gasteiger partial charge in [0.15, 0.2) is 0 Å². The molecule has 0 saturated carbocycles. The van der Waals surface area contributed by atoms with Crippen molar-refractivity contribution in [2.45, 2.75) is 0 Å². The van der Waals surface area contributed by atoms with E-state index in [1.807, 2.05) is 0 Å². The minimum Gasteiger partial charge on any atom is -0.410 e. The Morgan fingerprint density at radius 1 is 1.46 bits per heavy atom. The maximum absolute atomic E-state index is 11.2. The first-order chi connectivity index (χ1) is 6.20. The van der Waals surface area contributed by atoms with Gasteiger partial charge in [-0.1, -0.05) is 0 Å². The van der Waals surface area contributed by atoms with Gasteiger partial charge in [-0.05, 0) is 4.32 Å². The predicted octanol–water partition coefficient (Wildman–Crippen LogP) is -0.457. The molecule has 0 atom stereocenters. The molecule has 1 rings (SSSR count). The van der Waals surface area contributed by atoms with Crippen molar-refractivity contribution in [2.75, 3.05) is 0 Å². The molecule has 2 N–H and O–H groups in total. The van der Waals surface area contributed by atoms with Crippen LogP contribution in [-0.4, -0.2) is 20.2 Å². The summed E-state index contributed by atoms with van der Waals surface area (Å²) in [4.78, 5) is 18.7. The number of carbonyl (C=O) groups is 1. The average molecular weight is 213 g/mol. The SMILES string of the molecule is O=C(NNC(=S)[S-])c1cnccn1. The number of hydrogen-bond donors (Lipinski definition) is 2. The molecule has 1 aromatic heterocycles. The number of thiocarbonyl (C=S) groups is 1. The van der Waals surface area contributed by atoms with Crippen LogP contribution in [0.25, 0.3) is 0 Å². The highest BCUT2D eigenvalue weighted by atomic mass is 32.1. The molecular formula is C6H5N4OS2-. The number of hydrazine groups is 1. The number of hydrogen-bond acceptors (Lipinski definition) is 5. The predicted molar refractivity (Wildman–Crippen MR) is 52.6 cm³/mol. The van der Waals surface area contributed by atoms with Crippen LogP contribution in [0.1, 0.15) is 10.5 Å². The molecule has 0 aliphatic rings. The maximum Gasteiger partial charge on any atom is 0.289 e. The molecule has 0 aromatic carbocycles. The summed E-state index contributed by atoms with van der Waals surface area (Å²) in [5.41, 5.74) is 4.78. The van der Waals surface area contributed by atoms with Gasteiger partial charge in [0.25, 0.3) is 5.91 Å². The largest absolute Gasteiger partial charge is 0.410 e. The highest BCUT2D eigenvalue weighted by Gasteiger charge is 2.03. The third kappa shape index (κ3) is 3.26. The van der Waals surface area contributed by atoms with Crippen LogP contribution in [0.3, 0.4) is 0 Å². The van der Waals surface area contributed by atoms with Gasteiger partial charge < -0.3 is 30.3 Å². The number of aromatic nitrogens is 2. The molecule has 0 bridgehead atoms. The van der Waals surface area contributed by atoms with Crippen LogP contribution in [0.15, 0.2) is 18.6 Å². The monoisotopic (exact) mass is 213 g/mol. The summed E-state index contributed by atoms with van der Waals surface area (Å²) in [7, 11) is 0. The first kappa shape index (κ1) is 9.75. The smallest absolute Gasteiger partial charge is 0.289 e. The summed E-state index contributed by atoms with van der Waals surface area (Å²) in [5.74, 6) is -0.430. The Bertz CT molecular complexity index is 316. The van der Waals surface area contributed by atoms with Crippen LogP contribution in [0.4, 0.5) is 0 Å². The van der Waals surface area contributed by atoms with E-state index in [9.17, 15) is 4.79 Å². The Balaban J connectivity index is 2.54. The molecule has 0 spiro atoms. The highest BCUT2D eigenvalue weighted by Crippen LogP contribution is 1.87. The molecule has 1 amide bonds. The number of rotatable bonds is 1. The van der Waals surface area contributed by atoms with Gasteiger partial charge in [0, 0.05) is 12.4 Å². The summed E-state index contributed by atoms with van der Waals surface area (Å²) < 4.78 is 0.0669. The van der Waals surface area contributed by atoms with E-state index in [2.05, 4.69) is 45.7 Å². The zero-order chi connectivity index (χ0) is 9.68. The molecule has 0 fully saturated rings. The van der Waals surface area contributed by atoms with Crippen LogP contribution >= 0.6 is 12.2 Å². The van der Waals surface area contributed by atoms with E-state index in [4.69, 9.17) is 0 Å². The summed E-state index contributed by atoms with van der Waals surface area (Å²) in [6.07, 6.45) is 4.23. The fraction of sp³-hybridized carbons (Fsp3) is 0. The van der Waals surface area contributed by atoms with E-state index in [1.54, 1.807) is 0 Å². The van der Waals surface area contributed by atoms with E-state index in [-0.39, 0.29) is 10.0 Å². The van der Waals surface area contributed by atoms with Gasteiger partial charge in [-0.3, -0.25) is 15.2 Å². The van der Waals surface area contributed by atoms with Gasteiger partial charge in [-0.25, -0.2) is 4.98 Å². The molecule has 0 saturated heterocycles. The van der Waals surface area contributed by atoms with Gasteiger partial charge in [-0.15, -0.1) is 0 Å². The van der Waals surface area contributed by atoms with Crippen molar-refractivity contribution in [1.29, 1.82) is 0 Å². The molecule has 5 nitrogen and oxygen atoms in total. The van der Waals surface area contributed by atoms with Crippen molar-refractivity contribution in [2.24, 2.45) is 0 Å². The van der Waals surface area contributed by atoms with E-state index in [1.165, 1.54) is 18.6 Å². The van der Waals surface area contributed by atoms with Gasteiger partial charge in [0.05, 0.1) is 6.20 Å². The zero-order valence-electron chi connectivity index (χ0n) is 6.35. The first-order valence-corrected chi connectivity index (χ1v) is 4.05. The average Bonchev–Trinajstić information content (AvgIpc) is 2.15. The third-order valence-corrected chi connectivity index (χ3v) is 1.28. The molecule has 0 aliphatic carbocycles. The standard InChI is InChI=1S/C6H6N4OS2/c11-5(9-10-6(12)13)4-3-7-1-2-8-4/h1-3H,(H,9,11)(H2,10,12,13)/p-1. The quantitative estimate of drug-likeness (QED) is 0.374. The molecule has 0 unspecified atom stereocenters. The van der Waals surface area contributed by atoms with E-state index >= 15 is 0 Å². The normalized spacial score (nSPS) is 8.92. The Hall–Kier alpha value is -1.34. The van der Waals surface area contributed by atoms with Crippen molar-refractivity contribution in [3.05, 3.63) is 24.3 Å². The fourth-order valence-electron chi connectivity index (χ4n) is 0.588. The lowest BCUT2D eigenvalue weighted by Crippen LogP contribution is -2.40. The van der Waals surface area contributed by atoms with Crippen LogP contribution in [-0.2, 0) is 12.6 Å². The lowest BCUT2D eigenvalue weighted by Gasteiger charge is -2.09. The third-order valence-electron chi connectivity index (χ3n) is 1.07. The van der Waals surface area contributed by atoms with Crippen LogP contribution < -0.4 is 10.9 Å². The summed E-state index contributed by atoms with van der Waals surface area (Å²) in [6.45, 7) is 0. The number of nitrogens with one attached hydrogen (secondary N) is 2.